The van der Waals surface area contributed by atoms with Gasteiger partial charge in [-0.15, -0.1) is 32.9 Å². The Morgan fingerprint density at radius 1 is 1.00 bits per heavy atom. The summed E-state index contributed by atoms with van der Waals surface area (Å²) in [6.07, 6.45) is 8.95. The van der Waals surface area contributed by atoms with Gasteiger partial charge in [0, 0.05) is 38.0 Å². The Kier molecular flexibility index (Phi) is 11.0. The van der Waals surface area contributed by atoms with Gasteiger partial charge >= 0.3 is 5.97 Å². The van der Waals surface area contributed by atoms with Crippen LogP contribution in [0.5, 0.6) is 0 Å². The minimum Gasteiger partial charge on any atom is -0.478 e. The Labute approximate surface area is 325 Å². The number of halogens is 1. The van der Waals surface area contributed by atoms with Crippen molar-refractivity contribution in [2.45, 2.75) is 57.9 Å². The van der Waals surface area contributed by atoms with E-state index in [0.29, 0.717) is 41.6 Å². The first-order valence-corrected chi connectivity index (χ1v) is 19.6. The van der Waals surface area contributed by atoms with Gasteiger partial charge in [-0.1, -0.05) is 66.6 Å². The van der Waals surface area contributed by atoms with E-state index in [0.717, 1.165) is 54.5 Å². The maximum absolute atomic E-state index is 13.1. The number of thiazole rings is 1. The van der Waals surface area contributed by atoms with Crippen molar-refractivity contribution in [3.63, 3.8) is 0 Å². The number of aromatic carboxylic acids is 1. The molecule has 0 unspecified atom stereocenters. The van der Waals surface area contributed by atoms with E-state index in [2.05, 4.69) is 31.5 Å². The van der Waals surface area contributed by atoms with Crippen LogP contribution in [0.1, 0.15) is 90.6 Å². The quantitative estimate of drug-likeness (QED) is 0.135. The molecular weight excluding hydrogens is 740 g/mol. The van der Waals surface area contributed by atoms with E-state index < -0.39 is 5.97 Å². The Morgan fingerprint density at radius 2 is 1.85 bits per heavy atom. The number of anilines is 1. The van der Waals surface area contributed by atoms with Gasteiger partial charge in [-0.25, -0.2) is 9.78 Å². The first-order chi connectivity index (χ1) is 25.8. The molecule has 1 aliphatic heterocycles. The Morgan fingerprint density at radius 3 is 2.65 bits per heavy atom. The fourth-order valence-corrected chi connectivity index (χ4v) is 8.96. The fourth-order valence-electron chi connectivity index (χ4n) is 6.72. The van der Waals surface area contributed by atoms with Gasteiger partial charge in [-0.3, -0.25) is 14.4 Å². The van der Waals surface area contributed by atoms with Gasteiger partial charge < -0.3 is 15.9 Å². The minimum atomic E-state index is -1.07. The van der Waals surface area contributed by atoms with Crippen molar-refractivity contribution in [3.05, 3.63) is 144 Å². The van der Waals surface area contributed by atoms with Crippen LogP contribution in [0.2, 0.25) is 5.02 Å². The molecular formula is C41H37ClN6O4S2. The highest BCUT2D eigenvalue weighted by molar-refractivity contribution is 7.15. The second-order valence-electron chi connectivity index (χ2n) is 13.3. The van der Waals surface area contributed by atoms with E-state index in [1.54, 1.807) is 34.8 Å². The third-order valence-corrected chi connectivity index (χ3v) is 12.0. The molecule has 0 bridgehead atoms. The predicted octanol–water partition coefficient (Wildman–Crippen LogP) is 8.38. The number of aliphatic imine (C=N–C) groups is 1. The summed E-state index contributed by atoms with van der Waals surface area (Å²) in [6, 6.07) is 22.8. The van der Waals surface area contributed by atoms with Crippen molar-refractivity contribution >= 4 is 69.7 Å². The van der Waals surface area contributed by atoms with Crippen molar-refractivity contribution in [2.75, 3.05) is 5.32 Å². The number of aryl methyl sites for hydroxylation is 3. The average Bonchev–Trinajstić information content (AvgIpc) is 3.83. The smallest absolute Gasteiger partial charge is 0.335 e. The summed E-state index contributed by atoms with van der Waals surface area (Å²) in [5.41, 5.74) is 6.85. The van der Waals surface area contributed by atoms with Crippen molar-refractivity contribution in [3.8, 4) is 5.00 Å². The van der Waals surface area contributed by atoms with Crippen LogP contribution in [-0.4, -0.2) is 47.9 Å². The summed E-state index contributed by atoms with van der Waals surface area (Å²) in [7, 11) is 0. The molecule has 4 heterocycles. The van der Waals surface area contributed by atoms with Gasteiger partial charge in [0.2, 0.25) is 5.91 Å². The van der Waals surface area contributed by atoms with Crippen LogP contribution in [0.15, 0.2) is 83.2 Å². The normalized spacial score (nSPS) is 13.7. The van der Waals surface area contributed by atoms with Gasteiger partial charge in [0.05, 0.1) is 23.4 Å². The Bertz CT molecular complexity index is 2430. The lowest BCUT2D eigenvalue weighted by Gasteiger charge is -2.22. The van der Waals surface area contributed by atoms with Crippen LogP contribution in [0.4, 0.5) is 5.69 Å². The zero-order valence-electron chi connectivity index (χ0n) is 29.4. The van der Waals surface area contributed by atoms with Crippen LogP contribution in [0.25, 0.3) is 17.2 Å². The van der Waals surface area contributed by atoms with E-state index in [1.807, 2.05) is 73.7 Å². The average molecular weight is 777 g/mol. The van der Waals surface area contributed by atoms with Gasteiger partial charge in [0.25, 0.3) is 0 Å². The van der Waals surface area contributed by atoms with Crippen LogP contribution in [-0.2, 0) is 30.6 Å². The summed E-state index contributed by atoms with van der Waals surface area (Å²) in [6.45, 7) is 2.32. The molecule has 0 spiro atoms. The van der Waals surface area contributed by atoms with Crippen molar-refractivity contribution in [1.82, 2.24) is 19.7 Å². The monoisotopic (exact) mass is 776 g/mol. The number of carboxylic acid groups (broad SMARTS) is 1. The van der Waals surface area contributed by atoms with E-state index in [4.69, 9.17) is 21.6 Å². The standard InChI is InChI=1S/C41H35ClN6O3S2.H2O/c1-24-46-47-36-22-43-39(31-10-2-3-11-34(31)42)33-21-30(53-40(33)48(24)36)16-13-26-12-15-28(32(19-26)41(50)51)20-37(49)44-29-9-4-6-25(18-29)14-17-38-45-35(23-52-38)27-7-5-8-27;/h2-4,6,9-12,14-15,17-19,21,23,27H,5,7-8,13,16,20,22H2,1H3,(H,44,49)(H,50,51);1H2. The lowest BCUT2D eigenvalue weighted by molar-refractivity contribution is -0.115. The number of nitrogens with one attached hydrogen (secondary N) is 1. The highest BCUT2D eigenvalue weighted by Crippen LogP contribution is 2.37. The molecule has 10 nitrogen and oxygen atoms in total. The van der Waals surface area contributed by atoms with Crippen LogP contribution < -0.4 is 5.32 Å². The number of carboxylic acids is 1. The number of hydrogen-bond donors (Lipinski definition) is 2. The summed E-state index contributed by atoms with van der Waals surface area (Å²) in [5.74, 6) is 0.796. The third kappa shape index (κ3) is 7.83. The molecule has 1 amide bonds. The molecule has 54 heavy (non-hydrogen) atoms. The summed E-state index contributed by atoms with van der Waals surface area (Å²) >= 11 is 9.92. The van der Waals surface area contributed by atoms with Crippen LogP contribution >= 0.6 is 34.3 Å². The van der Waals surface area contributed by atoms with E-state index in [1.165, 1.54) is 25.0 Å². The lowest BCUT2D eigenvalue weighted by atomic mass is 9.83. The SMILES string of the molecule is Cc1nnc2n1-c1sc(CCc3ccc(CC(=O)Nc4cccc(C=Cc5nc(C6CCC6)cs5)c4)c(C(=O)O)c3)cc1C(c1ccccc1Cl)=NC2.O. The third-order valence-electron chi connectivity index (χ3n) is 9.69. The van der Waals surface area contributed by atoms with Crippen LogP contribution in [0, 0.1) is 6.92 Å². The highest BCUT2D eigenvalue weighted by atomic mass is 35.5. The first kappa shape index (κ1) is 37.1. The molecule has 1 fully saturated rings. The Balaban J connectivity index is 0.00000450. The number of amides is 1. The number of carbonyl (C=O) groups is 2. The lowest BCUT2D eigenvalue weighted by Crippen LogP contribution is -2.16. The number of rotatable bonds is 11. The molecule has 1 saturated carbocycles. The molecule has 1 aliphatic carbocycles. The summed E-state index contributed by atoms with van der Waals surface area (Å²) in [4.78, 5) is 36.3. The van der Waals surface area contributed by atoms with Crippen molar-refractivity contribution in [1.29, 1.82) is 0 Å². The number of benzene rings is 3. The molecule has 0 atom stereocenters. The van der Waals surface area contributed by atoms with Crippen molar-refractivity contribution < 1.29 is 20.2 Å². The van der Waals surface area contributed by atoms with Gasteiger partial charge in [-0.05, 0) is 85.7 Å². The topological polar surface area (TPSA) is 154 Å². The molecule has 8 rings (SSSR count). The second kappa shape index (κ2) is 16.0. The maximum atomic E-state index is 13.1. The minimum absolute atomic E-state index is 0. The Hall–Kier alpha value is -5.27. The largest absolute Gasteiger partial charge is 0.478 e. The molecule has 6 aromatic rings. The van der Waals surface area contributed by atoms with Gasteiger partial charge in [0.1, 0.15) is 22.4 Å². The number of aromatic nitrogens is 4. The molecule has 0 radical (unpaired) electrons. The molecule has 13 heteroatoms. The van der Waals surface area contributed by atoms with E-state index >= 15 is 0 Å². The number of carbonyl (C=O) groups excluding carboxylic acids is 1. The fraction of sp³-hybridized carbons (Fsp3) is 0.220. The molecule has 4 N–H and O–H groups in total. The summed E-state index contributed by atoms with van der Waals surface area (Å²) in [5, 5.41) is 26.5. The maximum Gasteiger partial charge on any atom is 0.335 e. The zero-order chi connectivity index (χ0) is 36.5. The number of thiophene rings is 1. The van der Waals surface area contributed by atoms with E-state index in [-0.39, 0.29) is 23.4 Å². The molecule has 2 aliphatic rings. The molecule has 0 saturated heterocycles. The van der Waals surface area contributed by atoms with Crippen LogP contribution in [0.3, 0.4) is 0 Å². The molecule has 3 aromatic carbocycles. The number of nitrogens with zero attached hydrogens (tertiary/aromatic N) is 5. The predicted molar refractivity (Wildman–Crippen MR) is 216 cm³/mol. The van der Waals surface area contributed by atoms with Gasteiger partial charge in [-0.2, -0.15) is 0 Å². The van der Waals surface area contributed by atoms with Gasteiger partial charge in [0.15, 0.2) is 5.82 Å². The molecule has 274 valence electrons. The zero-order valence-corrected chi connectivity index (χ0v) is 31.8. The molecule has 3 aromatic heterocycles. The second-order valence-corrected chi connectivity index (χ2v) is 15.7. The first-order valence-electron chi connectivity index (χ1n) is 17.5. The highest BCUT2D eigenvalue weighted by Gasteiger charge is 2.26. The number of fused-ring (bicyclic) bond motifs is 3. The van der Waals surface area contributed by atoms with Crippen molar-refractivity contribution in [2.24, 2.45) is 4.99 Å². The number of hydrogen-bond acceptors (Lipinski definition) is 8. The van der Waals surface area contributed by atoms with E-state index in [9.17, 15) is 14.7 Å². The summed E-state index contributed by atoms with van der Waals surface area (Å²) < 4.78 is 2.06.